The number of rotatable bonds is 5. The molecule has 1 aliphatic heterocycles. The van der Waals surface area contributed by atoms with Crippen LogP contribution in [-0.4, -0.2) is 25.8 Å². The van der Waals surface area contributed by atoms with Crippen LogP contribution in [0.4, 0.5) is 0 Å². The summed E-state index contributed by atoms with van der Waals surface area (Å²) >= 11 is 0. The zero-order chi connectivity index (χ0) is 14.7. The predicted molar refractivity (Wildman–Crippen MR) is 84.0 cm³/mol. The van der Waals surface area contributed by atoms with Gasteiger partial charge in [0, 0.05) is 13.1 Å². The van der Waals surface area contributed by atoms with Crippen LogP contribution in [0.2, 0.25) is 0 Å². The minimum Gasteiger partial charge on any atom is -0.195 e. The largest absolute Gasteiger partial charge is 0.280 e. The van der Waals surface area contributed by atoms with E-state index in [1.807, 2.05) is 30.3 Å². The highest BCUT2D eigenvalue weighted by Crippen LogP contribution is 2.41. The summed E-state index contributed by atoms with van der Waals surface area (Å²) in [5.74, 6) is 0.453. The minimum absolute atomic E-state index is 0.0700. The average molecular weight is 308 g/mol. The van der Waals surface area contributed by atoms with E-state index in [1.54, 1.807) is 4.31 Å². The molecule has 0 spiro atoms. The Labute approximate surface area is 127 Å². The molecule has 1 aromatic rings. The van der Waals surface area contributed by atoms with Crippen LogP contribution in [0.3, 0.4) is 0 Å². The van der Waals surface area contributed by atoms with Crippen molar-refractivity contribution in [3.05, 3.63) is 35.9 Å². The third-order valence-corrected chi connectivity index (χ3v) is 6.03. The van der Waals surface area contributed by atoms with Gasteiger partial charge in [-0.2, -0.15) is 17.4 Å². The fourth-order valence-electron chi connectivity index (χ4n) is 3.04. The van der Waals surface area contributed by atoms with Crippen LogP contribution in [0, 0.1) is 5.92 Å². The highest BCUT2D eigenvalue weighted by atomic mass is 32.2. The summed E-state index contributed by atoms with van der Waals surface area (Å²) in [6.07, 6.45) is 6.44. The van der Waals surface area contributed by atoms with E-state index < -0.39 is 10.2 Å². The Balaban J connectivity index is 1.75. The van der Waals surface area contributed by atoms with E-state index in [4.69, 9.17) is 0 Å². The molecule has 1 N–H and O–H groups in total. The monoisotopic (exact) mass is 308 g/mol. The molecule has 1 heterocycles. The van der Waals surface area contributed by atoms with Gasteiger partial charge in [0.2, 0.25) is 0 Å². The third-order valence-electron chi connectivity index (χ3n) is 4.43. The van der Waals surface area contributed by atoms with Crippen LogP contribution in [-0.2, 0) is 10.2 Å². The second kappa shape index (κ2) is 6.46. The second-order valence-electron chi connectivity index (χ2n) is 6.16. The van der Waals surface area contributed by atoms with E-state index in [0.717, 1.165) is 44.1 Å². The van der Waals surface area contributed by atoms with Crippen molar-refractivity contribution in [2.24, 2.45) is 5.92 Å². The van der Waals surface area contributed by atoms with Crippen LogP contribution in [0.1, 0.15) is 50.1 Å². The molecule has 0 aromatic heterocycles. The molecule has 2 fully saturated rings. The highest BCUT2D eigenvalue weighted by molar-refractivity contribution is 7.87. The smallest absolute Gasteiger partial charge is 0.195 e. The fourth-order valence-corrected chi connectivity index (χ4v) is 4.58. The Morgan fingerprint density at radius 1 is 1.00 bits per heavy atom. The SMILES string of the molecule is O=S(=O)(N[C@H](c1ccccc1)C1CC1)N1CCCCCC1. The van der Waals surface area contributed by atoms with Crippen molar-refractivity contribution < 1.29 is 8.42 Å². The number of benzene rings is 1. The maximum atomic E-state index is 12.7. The topological polar surface area (TPSA) is 49.4 Å². The molecule has 0 radical (unpaired) electrons. The van der Waals surface area contributed by atoms with Crippen LogP contribution in [0.25, 0.3) is 0 Å². The predicted octanol–water partition coefficient (Wildman–Crippen LogP) is 2.85. The first-order valence-electron chi connectivity index (χ1n) is 7.99. The average Bonchev–Trinajstić information content (AvgIpc) is 3.32. The van der Waals surface area contributed by atoms with Crippen molar-refractivity contribution in [2.75, 3.05) is 13.1 Å². The van der Waals surface area contributed by atoms with Gasteiger partial charge in [0.05, 0.1) is 6.04 Å². The molecule has 1 aliphatic carbocycles. The van der Waals surface area contributed by atoms with Crippen LogP contribution >= 0.6 is 0 Å². The minimum atomic E-state index is -3.38. The summed E-state index contributed by atoms with van der Waals surface area (Å²) in [6, 6.07) is 9.90. The molecule has 1 atom stereocenters. The molecule has 0 unspecified atom stereocenters. The lowest BCUT2D eigenvalue weighted by Gasteiger charge is -2.25. The normalized spacial score (nSPS) is 22.7. The van der Waals surface area contributed by atoms with Gasteiger partial charge in [-0.15, -0.1) is 0 Å². The van der Waals surface area contributed by atoms with Gasteiger partial charge < -0.3 is 0 Å². The molecule has 1 saturated carbocycles. The van der Waals surface area contributed by atoms with E-state index >= 15 is 0 Å². The summed E-state index contributed by atoms with van der Waals surface area (Å²) in [5, 5.41) is 0. The van der Waals surface area contributed by atoms with Crippen molar-refractivity contribution in [1.82, 2.24) is 9.03 Å². The van der Waals surface area contributed by atoms with Crippen molar-refractivity contribution >= 4 is 10.2 Å². The Morgan fingerprint density at radius 3 is 2.19 bits per heavy atom. The van der Waals surface area contributed by atoms with Crippen molar-refractivity contribution in [2.45, 2.75) is 44.6 Å². The Morgan fingerprint density at radius 2 is 1.62 bits per heavy atom. The number of nitrogens with zero attached hydrogens (tertiary/aromatic N) is 1. The van der Waals surface area contributed by atoms with Gasteiger partial charge in [0.1, 0.15) is 0 Å². The number of hydrogen-bond acceptors (Lipinski definition) is 2. The maximum Gasteiger partial charge on any atom is 0.280 e. The van der Waals surface area contributed by atoms with Crippen LogP contribution in [0.5, 0.6) is 0 Å². The van der Waals surface area contributed by atoms with Gasteiger partial charge in [-0.3, -0.25) is 0 Å². The van der Waals surface area contributed by atoms with Gasteiger partial charge in [-0.1, -0.05) is 43.2 Å². The lowest BCUT2D eigenvalue weighted by molar-refractivity contribution is 0.403. The fraction of sp³-hybridized carbons (Fsp3) is 0.625. The number of nitrogens with one attached hydrogen (secondary N) is 1. The van der Waals surface area contributed by atoms with Gasteiger partial charge in [-0.05, 0) is 37.2 Å². The second-order valence-corrected chi connectivity index (χ2v) is 7.86. The van der Waals surface area contributed by atoms with E-state index in [0.29, 0.717) is 19.0 Å². The molecule has 1 aromatic carbocycles. The third kappa shape index (κ3) is 3.84. The summed E-state index contributed by atoms with van der Waals surface area (Å²) in [6.45, 7) is 1.31. The highest BCUT2D eigenvalue weighted by Gasteiger charge is 2.36. The molecule has 5 heteroatoms. The molecule has 116 valence electrons. The molecule has 4 nitrogen and oxygen atoms in total. The van der Waals surface area contributed by atoms with Crippen LogP contribution < -0.4 is 4.72 Å². The van der Waals surface area contributed by atoms with Gasteiger partial charge in [0.25, 0.3) is 10.2 Å². The molecule has 0 bridgehead atoms. The molecular weight excluding hydrogens is 284 g/mol. The Kier molecular flexibility index (Phi) is 4.62. The molecule has 2 aliphatic rings. The molecular formula is C16H24N2O2S. The lowest BCUT2D eigenvalue weighted by Crippen LogP contribution is -2.43. The molecule has 21 heavy (non-hydrogen) atoms. The zero-order valence-corrected chi connectivity index (χ0v) is 13.2. The van der Waals surface area contributed by atoms with Crippen LogP contribution in [0.15, 0.2) is 30.3 Å². The van der Waals surface area contributed by atoms with E-state index in [2.05, 4.69) is 4.72 Å². The maximum absolute atomic E-state index is 12.7. The van der Waals surface area contributed by atoms with E-state index in [9.17, 15) is 8.42 Å². The Hall–Kier alpha value is -0.910. The summed E-state index contributed by atoms with van der Waals surface area (Å²) in [5.41, 5.74) is 1.08. The zero-order valence-electron chi connectivity index (χ0n) is 12.4. The summed E-state index contributed by atoms with van der Waals surface area (Å²) < 4.78 is 29.9. The van der Waals surface area contributed by atoms with Crippen molar-refractivity contribution in [1.29, 1.82) is 0 Å². The molecule has 1 saturated heterocycles. The van der Waals surface area contributed by atoms with Gasteiger partial charge in [-0.25, -0.2) is 0 Å². The van der Waals surface area contributed by atoms with Crippen molar-refractivity contribution in [3.63, 3.8) is 0 Å². The first kappa shape index (κ1) is 15.0. The number of hydrogen-bond donors (Lipinski definition) is 1. The lowest BCUT2D eigenvalue weighted by atomic mass is 10.0. The first-order valence-corrected chi connectivity index (χ1v) is 9.43. The summed E-state index contributed by atoms with van der Waals surface area (Å²) in [7, 11) is -3.38. The molecule has 3 rings (SSSR count). The summed E-state index contributed by atoms with van der Waals surface area (Å²) in [4.78, 5) is 0. The quantitative estimate of drug-likeness (QED) is 0.909. The standard InChI is InChI=1S/C16H24N2O2S/c19-21(20,18-12-6-1-2-7-13-18)17-16(15-10-11-15)14-8-4-3-5-9-14/h3-5,8-9,15-17H,1-2,6-7,10-13H2/t16-/m1/s1. The van der Waals surface area contributed by atoms with Gasteiger partial charge in [0.15, 0.2) is 0 Å². The Bertz CT molecular complexity index is 547. The van der Waals surface area contributed by atoms with Gasteiger partial charge >= 0.3 is 0 Å². The van der Waals surface area contributed by atoms with E-state index in [-0.39, 0.29) is 6.04 Å². The molecule has 0 amide bonds. The van der Waals surface area contributed by atoms with Crippen molar-refractivity contribution in [3.8, 4) is 0 Å². The first-order chi connectivity index (χ1) is 10.2. The van der Waals surface area contributed by atoms with E-state index in [1.165, 1.54) is 0 Å².